The fraction of sp³-hybridized carbons (Fsp3) is 0.400. The SMILES string of the molecule is COc1ccc(C2(N)CC2)c(F)c1Br. The maximum atomic E-state index is 13.8. The number of rotatable bonds is 2. The molecular formula is C10H11BrFNO. The smallest absolute Gasteiger partial charge is 0.146 e. The minimum absolute atomic E-state index is 0.302. The first kappa shape index (κ1) is 9.93. The van der Waals surface area contributed by atoms with Crippen molar-refractivity contribution in [3.63, 3.8) is 0 Å². The Morgan fingerprint density at radius 2 is 2.14 bits per heavy atom. The molecule has 2 N–H and O–H groups in total. The van der Waals surface area contributed by atoms with E-state index >= 15 is 0 Å². The summed E-state index contributed by atoms with van der Waals surface area (Å²) in [7, 11) is 1.51. The van der Waals surface area contributed by atoms with Crippen LogP contribution in [0.1, 0.15) is 18.4 Å². The van der Waals surface area contributed by atoms with E-state index in [1.165, 1.54) is 7.11 Å². The van der Waals surface area contributed by atoms with Crippen molar-refractivity contribution in [1.82, 2.24) is 0 Å². The zero-order valence-corrected chi connectivity index (χ0v) is 9.40. The highest BCUT2D eigenvalue weighted by Crippen LogP contribution is 2.46. The number of nitrogens with two attached hydrogens (primary N) is 1. The normalized spacial score (nSPS) is 18.0. The molecule has 1 fully saturated rings. The number of halogens is 2. The van der Waals surface area contributed by atoms with Gasteiger partial charge in [-0.1, -0.05) is 6.07 Å². The summed E-state index contributed by atoms with van der Waals surface area (Å²) in [6.45, 7) is 0. The molecule has 2 rings (SSSR count). The predicted octanol–water partition coefficient (Wildman–Crippen LogP) is 2.54. The van der Waals surface area contributed by atoms with Gasteiger partial charge in [-0.15, -0.1) is 0 Å². The number of hydrogen-bond acceptors (Lipinski definition) is 2. The van der Waals surface area contributed by atoms with Crippen molar-refractivity contribution in [3.8, 4) is 5.75 Å². The summed E-state index contributed by atoms with van der Waals surface area (Å²) in [6, 6.07) is 3.43. The van der Waals surface area contributed by atoms with E-state index in [0.29, 0.717) is 15.8 Å². The van der Waals surface area contributed by atoms with Crippen molar-refractivity contribution >= 4 is 15.9 Å². The summed E-state index contributed by atoms with van der Waals surface area (Å²) in [5, 5.41) is 0. The van der Waals surface area contributed by atoms with E-state index < -0.39 is 5.54 Å². The quantitative estimate of drug-likeness (QED) is 0.886. The van der Waals surface area contributed by atoms with Crippen LogP contribution < -0.4 is 10.5 Å². The Bertz CT molecular complexity index is 377. The lowest BCUT2D eigenvalue weighted by molar-refractivity contribution is 0.406. The Hall–Kier alpha value is -0.610. The second-order valence-corrected chi connectivity index (χ2v) is 4.39. The molecule has 0 atom stereocenters. The van der Waals surface area contributed by atoms with E-state index in [1.54, 1.807) is 12.1 Å². The summed E-state index contributed by atoms with van der Waals surface area (Å²) >= 11 is 3.16. The Morgan fingerprint density at radius 3 is 2.64 bits per heavy atom. The van der Waals surface area contributed by atoms with Gasteiger partial charge in [-0.3, -0.25) is 0 Å². The van der Waals surface area contributed by atoms with E-state index in [9.17, 15) is 4.39 Å². The van der Waals surface area contributed by atoms with Crippen LogP contribution in [0.4, 0.5) is 4.39 Å². The van der Waals surface area contributed by atoms with Gasteiger partial charge in [0.2, 0.25) is 0 Å². The van der Waals surface area contributed by atoms with Gasteiger partial charge in [-0.25, -0.2) is 4.39 Å². The van der Waals surface area contributed by atoms with E-state index in [0.717, 1.165) is 12.8 Å². The Kier molecular flexibility index (Phi) is 2.27. The number of benzene rings is 1. The van der Waals surface area contributed by atoms with Crippen LogP contribution in [0.2, 0.25) is 0 Å². The molecule has 14 heavy (non-hydrogen) atoms. The van der Waals surface area contributed by atoms with E-state index in [2.05, 4.69) is 15.9 Å². The van der Waals surface area contributed by atoms with Gasteiger partial charge >= 0.3 is 0 Å². The molecule has 0 heterocycles. The Morgan fingerprint density at radius 1 is 1.50 bits per heavy atom. The van der Waals surface area contributed by atoms with Crippen molar-refractivity contribution in [2.24, 2.45) is 5.73 Å². The molecule has 0 saturated heterocycles. The van der Waals surface area contributed by atoms with Crippen LogP contribution in [-0.2, 0) is 5.54 Å². The van der Waals surface area contributed by atoms with Gasteiger partial charge in [0.25, 0.3) is 0 Å². The molecule has 0 unspecified atom stereocenters. The molecule has 0 bridgehead atoms. The minimum atomic E-state index is -0.446. The summed E-state index contributed by atoms with van der Waals surface area (Å²) in [6.07, 6.45) is 1.70. The standard InChI is InChI=1S/C10H11BrFNO/c1-14-7-3-2-6(9(12)8(7)11)10(13)4-5-10/h2-3H,4-5,13H2,1H3. The van der Waals surface area contributed by atoms with Crippen LogP contribution in [0.5, 0.6) is 5.75 Å². The van der Waals surface area contributed by atoms with Crippen LogP contribution in [0, 0.1) is 5.82 Å². The highest BCUT2D eigenvalue weighted by atomic mass is 79.9. The molecule has 1 aromatic rings. The van der Waals surface area contributed by atoms with Crippen molar-refractivity contribution in [2.75, 3.05) is 7.11 Å². The van der Waals surface area contributed by atoms with Crippen molar-refractivity contribution < 1.29 is 9.13 Å². The third-order valence-corrected chi connectivity index (χ3v) is 3.33. The van der Waals surface area contributed by atoms with Gasteiger partial charge in [-0.2, -0.15) is 0 Å². The lowest BCUT2D eigenvalue weighted by Gasteiger charge is -2.13. The van der Waals surface area contributed by atoms with Gasteiger partial charge in [0.05, 0.1) is 11.6 Å². The van der Waals surface area contributed by atoms with E-state index in [-0.39, 0.29) is 5.82 Å². The zero-order valence-electron chi connectivity index (χ0n) is 7.81. The second-order valence-electron chi connectivity index (χ2n) is 3.60. The summed E-state index contributed by atoms with van der Waals surface area (Å²) in [5.41, 5.74) is 6.06. The molecule has 76 valence electrons. The maximum Gasteiger partial charge on any atom is 0.146 e. The molecule has 1 aliphatic rings. The summed E-state index contributed by atoms with van der Waals surface area (Å²) in [5.74, 6) is 0.194. The first-order chi connectivity index (χ1) is 6.58. The molecule has 1 aromatic carbocycles. The molecule has 1 aliphatic carbocycles. The lowest BCUT2D eigenvalue weighted by Crippen LogP contribution is -2.20. The topological polar surface area (TPSA) is 35.2 Å². The summed E-state index contributed by atoms with van der Waals surface area (Å²) < 4.78 is 19.1. The Labute approximate surface area is 90.4 Å². The fourth-order valence-electron chi connectivity index (χ4n) is 1.48. The van der Waals surface area contributed by atoms with Gasteiger partial charge in [-0.05, 0) is 34.8 Å². The molecule has 0 spiro atoms. The van der Waals surface area contributed by atoms with Crippen molar-refractivity contribution in [1.29, 1.82) is 0 Å². The number of ether oxygens (including phenoxy) is 1. The van der Waals surface area contributed by atoms with Crippen LogP contribution in [0.3, 0.4) is 0 Å². The van der Waals surface area contributed by atoms with Crippen LogP contribution >= 0.6 is 15.9 Å². The van der Waals surface area contributed by atoms with Crippen LogP contribution in [0.25, 0.3) is 0 Å². The Balaban J connectivity index is 2.49. The van der Waals surface area contributed by atoms with E-state index in [4.69, 9.17) is 10.5 Å². The first-order valence-corrected chi connectivity index (χ1v) is 5.19. The highest BCUT2D eigenvalue weighted by molar-refractivity contribution is 9.10. The average Bonchev–Trinajstić information content (AvgIpc) is 2.89. The molecule has 0 aliphatic heterocycles. The highest BCUT2D eigenvalue weighted by Gasteiger charge is 2.42. The monoisotopic (exact) mass is 259 g/mol. The number of hydrogen-bond donors (Lipinski definition) is 1. The molecule has 1 saturated carbocycles. The average molecular weight is 260 g/mol. The van der Waals surface area contributed by atoms with Gasteiger partial charge < -0.3 is 10.5 Å². The van der Waals surface area contributed by atoms with Crippen molar-refractivity contribution in [3.05, 3.63) is 28.0 Å². The molecular weight excluding hydrogens is 249 g/mol. The minimum Gasteiger partial charge on any atom is -0.495 e. The third kappa shape index (κ3) is 1.42. The maximum absolute atomic E-state index is 13.8. The van der Waals surface area contributed by atoms with Crippen LogP contribution in [-0.4, -0.2) is 7.11 Å². The van der Waals surface area contributed by atoms with Gasteiger partial charge in [0.15, 0.2) is 0 Å². The van der Waals surface area contributed by atoms with Gasteiger partial charge in [0.1, 0.15) is 11.6 Å². The molecule has 0 amide bonds. The first-order valence-electron chi connectivity index (χ1n) is 4.40. The second kappa shape index (κ2) is 3.21. The predicted molar refractivity (Wildman–Crippen MR) is 55.8 cm³/mol. The molecule has 0 aromatic heterocycles. The largest absolute Gasteiger partial charge is 0.495 e. The molecule has 4 heteroatoms. The van der Waals surface area contributed by atoms with Crippen molar-refractivity contribution in [2.45, 2.75) is 18.4 Å². The lowest BCUT2D eigenvalue weighted by atomic mass is 10.1. The number of methoxy groups -OCH3 is 1. The zero-order chi connectivity index (χ0) is 10.3. The van der Waals surface area contributed by atoms with Gasteiger partial charge in [0, 0.05) is 11.1 Å². The molecule has 2 nitrogen and oxygen atoms in total. The molecule has 0 radical (unpaired) electrons. The van der Waals surface area contributed by atoms with Crippen LogP contribution in [0.15, 0.2) is 16.6 Å². The third-order valence-electron chi connectivity index (χ3n) is 2.59. The summed E-state index contributed by atoms with van der Waals surface area (Å²) in [4.78, 5) is 0. The fourth-order valence-corrected chi connectivity index (χ4v) is 1.99. The van der Waals surface area contributed by atoms with E-state index in [1.807, 2.05) is 0 Å².